The molecule has 2 N–H and O–H groups in total. The normalized spacial score (nSPS) is 18.7. The van der Waals surface area contributed by atoms with Crippen LogP contribution in [0.5, 0.6) is 0 Å². The number of amides is 1. The first-order valence-electron chi connectivity index (χ1n) is 8.66. The van der Waals surface area contributed by atoms with Crippen molar-refractivity contribution < 1.29 is 4.79 Å². The molecule has 1 unspecified atom stereocenters. The quantitative estimate of drug-likeness (QED) is 0.781. The molecular formula is C19H30N2OS. The number of carbonyl (C=O) groups is 1. The molecule has 0 aromatic heterocycles. The Morgan fingerprint density at radius 1 is 1.30 bits per heavy atom. The van der Waals surface area contributed by atoms with E-state index < -0.39 is 0 Å². The molecule has 0 radical (unpaired) electrons. The number of piperidine rings is 1. The Morgan fingerprint density at radius 2 is 2.04 bits per heavy atom. The zero-order chi connectivity index (χ0) is 16.7. The number of hydrogen-bond donors (Lipinski definition) is 2. The van der Waals surface area contributed by atoms with Crippen LogP contribution in [0.2, 0.25) is 0 Å². The number of benzene rings is 1. The number of carbonyl (C=O) groups excluding carboxylic acids is 1. The molecule has 2 rings (SSSR count). The molecule has 1 aromatic rings. The van der Waals surface area contributed by atoms with Crippen molar-refractivity contribution in [3.63, 3.8) is 0 Å². The van der Waals surface area contributed by atoms with Crippen LogP contribution in [0.25, 0.3) is 0 Å². The second-order valence-corrected chi connectivity index (χ2v) is 8.46. The monoisotopic (exact) mass is 334 g/mol. The van der Waals surface area contributed by atoms with E-state index in [2.05, 4.69) is 55.7 Å². The molecule has 128 valence electrons. The van der Waals surface area contributed by atoms with Crippen LogP contribution in [0, 0.1) is 5.92 Å². The van der Waals surface area contributed by atoms with Crippen molar-refractivity contribution in [2.24, 2.45) is 5.92 Å². The average Bonchev–Trinajstić information content (AvgIpc) is 2.53. The van der Waals surface area contributed by atoms with E-state index in [9.17, 15) is 4.79 Å². The zero-order valence-corrected chi connectivity index (χ0v) is 15.5. The van der Waals surface area contributed by atoms with Gasteiger partial charge in [-0.2, -0.15) is 0 Å². The molecule has 1 heterocycles. The summed E-state index contributed by atoms with van der Waals surface area (Å²) < 4.78 is 0. The van der Waals surface area contributed by atoms with Crippen molar-refractivity contribution >= 4 is 17.7 Å². The molecule has 23 heavy (non-hydrogen) atoms. The summed E-state index contributed by atoms with van der Waals surface area (Å²) in [6.07, 6.45) is 3.64. The Balaban J connectivity index is 1.65. The first kappa shape index (κ1) is 18.3. The summed E-state index contributed by atoms with van der Waals surface area (Å²) in [6.45, 7) is 9.69. The molecule has 0 spiro atoms. The van der Waals surface area contributed by atoms with Crippen molar-refractivity contribution in [3.05, 3.63) is 29.8 Å². The highest BCUT2D eigenvalue weighted by Crippen LogP contribution is 2.25. The molecular weight excluding hydrogens is 304 g/mol. The topological polar surface area (TPSA) is 41.1 Å². The molecule has 1 aliphatic rings. The van der Waals surface area contributed by atoms with Crippen LogP contribution in [0.15, 0.2) is 29.2 Å². The van der Waals surface area contributed by atoms with Gasteiger partial charge in [-0.3, -0.25) is 4.79 Å². The Morgan fingerprint density at radius 3 is 2.65 bits per heavy atom. The third kappa shape index (κ3) is 6.56. The molecule has 0 saturated carbocycles. The molecule has 0 aliphatic carbocycles. The van der Waals surface area contributed by atoms with Gasteiger partial charge < -0.3 is 10.6 Å². The highest BCUT2D eigenvalue weighted by Gasteiger charge is 2.14. The summed E-state index contributed by atoms with van der Waals surface area (Å²) in [6, 6.07) is 8.56. The van der Waals surface area contributed by atoms with Gasteiger partial charge in [-0.25, -0.2) is 0 Å². The summed E-state index contributed by atoms with van der Waals surface area (Å²) in [5.74, 6) is 1.36. The van der Waals surface area contributed by atoms with E-state index in [0.29, 0.717) is 5.75 Å². The van der Waals surface area contributed by atoms with Gasteiger partial charge in [0.25, 0.3) is 0 Å². The molecule has 1 aromatic carbocycles. The van der Waals surface area contributed by atoms with Crippen LogP contribution in [-0.2, 0) is 10.2 Å². The lowest BCUT2D eigenvalue weighted by Crippen LogP contribution is -2.33. The third-order valence-electron chi connectivity index (χ3n) is 4.36. The maximum Gasteiger partial charge on any atom is 0.230 e. The third-order valence-corrected chi connectivity index (χ3v) is 5.38. The second-order valence-electron chi connectivity index (χ2n) is 7.41. The molecule has 1 aliphatic heterocycles. The zero-order valence-electron chi connectivity index (χ0n) is 14.7. The number of thioether (sulfide) groups is 1. The van der Waals surface area contributed by atoms with Crippen LogP contribution >= 0.6 is 11.8 Å². The predicted octanol–water partition coefficient (Wildman–Crippen LogP) is 3.58. The minimum atomic E-state index is 0.138. The van der Waals surface area contributed by atoms with Crippen LogP contribution in [-0.4, -0.2) is 31.3 Å². The summed E-state index contributed by atoms with van der Waals surface area (Å²) in [7, 11) is 0. The van der Waals surface area contributed by atoms with Gasteiger partial charge in [-0.15, -0.1) is 11.8 Å². The van der Waals surface area contributed by atoms with Gasteiger partial charge in [0.05, 0.1) is 5.75 Å². The van der Waals surface area contributed by atoms with Crippen molar-refractivity contribution in [2.45, 2.75) is 50.3 Å². The molecule has 1 amide bonds. The minimum absolute atomic E-state index is 0.138. The molecule has 4 heteroatoms. The van der Waals surface area contributed by atoms with Gasteiger partial charge in [-0.1, -0.05) is 32.9 Å². The summed E-state index contributed by atoms with van der Waals surface area (Å²) in [4.78, 5) is 13.1. The fourth-order valence-corrected chi connectivity index (χ4v) is 3.57. The van der Waals surface area contributed by atoms with Crippen LogP contribution in [0.4, 0.5) is 0 Å². The summed E-state index contributed by atoms with van der Waals surface area (Å²) >= 11 is 1.61. The molecule has 1 atom stereocenters. The number of nitrogens with one attached hydrogen (secondary N) is 2. The van der Waals surface area contributed by atoms with Gasteiger partial charge in [-0.05, 0) is 61.4 Å². The summed E-state index contributed by atoms with van der Waals surface area (Å²) in [5.41, 5.74) is 1.50. The Bertz CT molecular complexity index is 487. The van der Waals surface area contributed by atoms with Gasteiger partial charge >= 0.3 is 0 Å². The van der Waals surface area contributed by atoms with Crippen LogP contribution < -0.4 is 10.6 Å². The predicted molar refractivity (Wildman–Crippen MR) is 99.1 cm³/mol. The standard InChI is InChI=1S/C19H30N2OS/c1-19(2,3)16-6-8-17(9-7-16)23-14-18(22)21-12-10-15-5-4-11-20-13-15/h6-9,15,20H,4-5,10-14H2,1-3H3,(H,21,22). The maximum absolute atomic E-state index is 11.9. The van der Waals surface area contributed by atoms with E-state index >= 15 is 0 Å². The Labute approximate surface area is 145 Å². The molecule has 1 fully saturated rings. The minimum Gasteiger partial charge on any atom is -0.355 e. The Hall–Kier alpha value is -1.00. The summed E-state index contributed by atoms with van der Waals surface area (Å²) in [5, 5.41) is 6.47. The average molecular weight is 335 g/mol. The van der Waals surface area contributed by atoms with Gasteiger partial charge in [0, 0.05) is 11.4 Å². The van der Waals surface area contributed by atoms with Crippen molar-refractivity contribution in [1.82, 2.24) is 10.6 Å². The molecule has 3 nitrogen and oxygen atoms in total. The first-order valence-corrected chi connectivity index (χ1v) is 9.64. The fourth-order valence-electron chi connectivity index (χ4n) is 2.84. The largest absolute Gasteiger partial charge is 0.355 e. The van der Waals surface area contributed by atoms with Gasteiger partial charge in [0.15, 0.2) is 0 Å². The van der Waals surface area contributed by atoms with E-state index in [4.69, 9.17) is 0 Å². The van der Waals surface area contributed by atoms with Crippen LogP contribution in [0.3, 0.4) is 0 Å². The first-order chi connectivity index (χ1) is 10.9. The van der Waals surface area contributed by atoms with E-state index in [-0.39, 0.29) is 11.3 Å². The highest BCUT2D eigenvalue weighted by molar-refractivity contribution is 8.00. The lowest BCUT2D eigenvalue weighted by molar-refractivity contribution is -0.118. The van der Waals surface area contributed by atoms with E-state index in [1.54, 1.807) is 11.8 Å². The lowest BCUT2D eigenvalue weighted by Gasteiger charge is -2.22. The van der Waals surface area contributed by atoms with Crippen molar-refractivity contribution in [3.8, 4) is 0 Å². The smallest absolute Gasteiger partial charge is 0.230 e. The Kier molecular flexibility index (Phi) is 6.97. The SMILES string of the molecule is CC(C)(C)c1ccc(SCC(=O)NCCC2CCCNC2)cc1. The van der Waals surface area contributed by atoms with Gasteiger partial charge in [0.2, 0.25) is 5.91 Å². The van der Waals surface area contributed by atoms with Crippen molar-refractivity contribution in [2.75, 3.05) is 25.4 Å². The second kappa shape index (κ2) is 8.74. The van der Waals surface area contributed by atoms with E-state index in [1.165, 1.54) is 18.4 Å². The van der Waals surface area contributed by atoms with Crippen LogP contribution in [0.1, 0.15) is 45.6 Å². The van der Waals surface area contributed by atoms with E-state index in [0.717, 1.165) is 36.9 Å². The number of rotatable bonds is 6. The lowest BCUT2D eigenvalue weighted by atomic mass is 9.87. The maximum atomic E-state index is 11.9. The van der Waals surface area contributed by atoms with E-state index in [1.807, 2.05) is 0 Å². The number of hydrogen-bond acceptors (Lipinski definition) is 3. The van der Waals surface area contributed by atoms with Crippen molar-refractivity contribution in [1.29, 1.82) is 0 Å². The highest BCUT2D eigenvalue weighted by atomic mass is 32.2. The fraction of sp³-hybridized carbons (Fsp3) is 0.632. The molecule has 0 bridgehead atoms. The van der Waals surface area contributed by atoms with Gasteiger partial charge in [0.1, 0.15) is 0 Å². The molecule has 1 saturated heterocycles.